The van der Waals surface area contributed by atoms with E-state index in [-0.39, 0.29) is 0 Å². The molecule has 0 spiro atoms. The van der Waals surface area contributed by atoms with E-state index in [0.29, 0.717) is 0 Å². The third kappa shape index (κ3) is 1.94. The summed E-state index contributed by atoms with van der Waals surface area (Å²) in [6.07, 6.45) is 1.33. The third-order valence-electron chi connectivity index (χ3n) is 2.82. The van der Waals surface area contributed by atoms with Gasteiger partial charge < -0.3 is 4.90 Å². The van der Waals surface area contributed by atoms with Gasteiger partial charge in [0, 0.05) is 18.6 Å². The van der Waals surface area contributed by atoms with E-state index in [4.69, 9.17) is 0 Å². The molecule has 0 N–H and O–H groups in total. The van der Waals surface area contributed by atoms with Gasteiger partial charge in [0.05, 0.1) is 0 Å². The highest BCUT2D eigenvalue weighted by atomic mass is 15.2. The second-order valence-electron chi connectivity index (χ2n) is 3.79. The van der Waals surface area contributed by atoms with Crippen LogP contribution in [0.15, 0.2) is 0 Å². The van der Waals surface area contributed by atoms with Gasteiger partial charge in [-0.25, -0.2) is 0 Å². The fourth-order valence-corrected chi connectivity index (χ4v) is 1.88. The van der Waals surface area contributed by atoms with Crippen molar-refractivity contribution in [3.05, 3.63) is 0 Å². The first-order valence-electron chi connectivity index (χ1n) is 4.55. The van der Waals surface area contributed by atoms with Crippen LogP contribution in [0.25, 0.3) is 0 Å². The van der Waals surface area contributed by atoms with Crippen molar-refractivity contribution in [3.8, 4) is 0 Å². The van der Waals surface area contributed by atoms with Crippen LogP contribution in [0, 0.1) is 0 Å². The van der Waals surface area contributed by atoms with E-state index in [1.807, 2.05) is 0 Å². The molecule has 11 heavy (non-hydrogen) atoms. The quantitative estimate of drug-likeness (QED) is 0.589. The van der Waals surface area contributed by atoms with Crippen LogP contribution in [0.2, 0.25) is 0 Å². The van der Waals surface area contributed by atoms with Gasteiger partial charge in [-0.15, -0.1) is 0 Å². The summed E-state index contributed by atoms with van der Waals surface area (Å²) >= 11 is 0. The Bertz CT molecular complexity index is 123. The molecule has 1 heterocycles. The molecule has 0 aromatic rings. The van der Waals surface area contributed by atoms with E-state index in [2.05, 4.69) is 37.7 Å². The van der Waals surface area contributed by atoms with E-state index in [1.54, 1.807) is 0 Å². The number of likely N-dealkylation sites (tertiary alicyclic amines) is 1. The van der Waals surface area contributed by atoms with Crippen LogP contribution in [-0.4, -0.2) is 49.1 Å². The second-order valence-corrected chi connectivity index (χ2v) is 3.79. The molecule has 2 heteroatoms. The lowest BCUT2D eigenvalue weighted by Crippen LogP contribution is -2.32. The summed E-state index contributed by atoms with van der Waals surface area (Å²) in [5.74, 6) is 0. The summed E-state index contributed by atoms with van der Waals surface area (Å²) in [7, 11) is 4.35. The van der Waals surface area contributed by atoms with Crippen molar-refractivity contribution in [2.75, 3.05) is 27.2 Å². The molecule has 1 fully saturated rings. The van der Waals surface area contributed by atoms with E-state index in [1.165, 1.54) is 19.5 Å². The van der Waals surface area contributed by atoms with Gasteiger partial charge in [-0.1, -0.05) is 6.92 Å². The Morgan fingerprint density at radius 2 is 2.09 bits per heavy atom. The zero-order chi connectivity index (χ0) is 8.43. The zero-order valence-corrected chi connectivity index (χ0v) is 8.17. The lowest BCUT2D eigenvalue weighted by atomic mass is 10.2. The maximum atomic E-state index is 2.55. The molecule has 1 aliphatic rings. The van der Waals surface area contributed by atoms with Gasteiger partial charge >= 0.3 is 0 Å². The van der Waals surface area contributed by atoms with E-state index >= 15 is 0 Å². The van der Waals surface area contributed by atoms with Crippen molar-refractivity contribution >= 4 is 0 Å². The van der Waals surface area contributed by atoms with Crippen molar-refractivity contribution in [2.45, 2.75) is 32.4 Å². The maximum absolute atomic E-state index is 2.55. The first-order chi connectivity index (χ1) is 5.15. The standard InChI is InChI=1S/C9H20N2/c1-5-11-7-9(10(3)4)6-8(11)2/h8-9H,5-7H2,1-4H3. The molecular formula is C9H20N2. The van der Waals surface area contributed by atoms with Crippen molar-refractivity contribution in [3.63, 3.8) is 0 Å². The fraction of sp³-hybridized carbons (Fsp3) is 1.00. The van der Waals surface area contributed by atoms with Gasteiger partial charge in [0.15, 0.2) is 0 Å². The number of hydrogen-bond acceptors (Lipinski definition) is 2. The minimum atomic E-state index is 0.782. The molecule has 66 valence electrons. The number of nitrogens with zero attached hydrogens (tertiary/aromatic N) is 2. The Labute approximate surface area is 70.2 Å². The van der Waals surface area contributed by atoms with Gasteiger partial charge in [-0.2, -0.15) is 0 Å². The Kier molecular flexibility index (Phi) is 2.90. The molecule has 1 rings (SSSR count). The summed E-state index contributed by atoms with van der Waals surface area (Å²) in [5.41, 5.74) is 0. The number of likely N-dealkylation sites (N-methyl/N-ethyl adjacent to an activating group) is 2. The predicted molar refractivity (Wildman–Crippen MR) is 48.8 cm³/mol. The average Bonchev–Trinajstić information content (AvgIpc) is 2.31. The van der Waals surface area contributed by atoms with Crippen LogP contribution in [-0.2, 0) is 0 Å². The highest BCUT2D eigenvalue weighted by Crippen LogP contribution is 2.19. The van der Waals surface area contributed by atoms with Gasteiger partial charge in [-0.3, -0.25) is 4.90 Å². The van der Waals surface area contributed by atoms with E-state index in [0.717, 1.165) is 12.1 Å². The zero-order valence-electron chi connectivity index (χ0n) is 8.17. The maximum Gasteiger partial charge on any atom is 0.0231 e. The molecule has 0 aliphatic carbocycles. The summed E-state index contributed by atoms with van der Waals surface area (Å²) in [4.78, 5) is 4.89. The smallest absolute Gasteiger partial charge is 0.0231 e. The summed E-state index contributed by atoms with van der Waals surface area (Å²) in [6, 6.07) is 1.57. The SMILES string of the molecule is CCN1CC(N(C)C)CC1C. The van der Waals surface area contributed by atoms with Crippen LogP contribution in [0.5, 0.6) is 0 Å². The molecule has 1 saturated heterocycles. The van der Waals surface area contributed by atoms with Gasteiger partial charge in [0.2, 0.25) is 0 Å². The van der Waals surface area contributed by atoms with Crippen molar-refractivity contribution in [1.29, 1.82) is 0 Å². The third-order valence-corrected chi connectivity index (χ3v) is 2.82. The Hall–Kier alpha value is -0.0800. The number of hydrogen-bond donors (Lipinski definition) is 0. The molecule has 2 atom stereocenters. The van der Waals surface area contributed by atoms with Gasteiger partial charge in [0.25, 0.3) is 0 Å². The minimum absolute atomic E-state index is 0.782. The molecule has 0 bridgehead atoms. The molecule has 2 nitrogen and oxygen atoms in total. The fourth-order valence-electron chi connectivity index (χ4n) is 1.88. The van der Waals surface area contributed by atoms with Gasteiger partial charge in [0.1, 0.15) is 0 Å². The molecule has 0 amide bonds. The van der Waals surface area contributed by atoms with Crippen LogP contribution < -0.4 is 0 Å². The highest BCUT2D eigenvalue weighted by molar-refractivity contribution is 4.85. The van der Waals surface area contributed by atoms with Crippen molar-refractivity contribution in [2.24, 2.45) is 0 Å². The Morgan fingerprint density at radius 3 is 2.36 bits per heavy atom. The largest absolute Gasteiger partial charge is 0.305 e. The lowest BCUT2D eigenvalue weighted by molar-refractivity contribution is 0.257. The molecule has 0 aromatic carbocycles. The molecular weight excluding hydrogens is 136 g/mol. The van der Waals surface area contributed by atoms with Crippen LogP contribution >= 0.6 is 0 Å². The summed E-state index contributed by atoms with van der Waals surface area (Å²) in [5, 5.41) is 0. The van der Waals surface area contributed by atoms with E-state index in [9.17, 15) is 0 Å². The predicted octanol–water partition coefficient (Wildman–Crippen LogP) is 1.03. The van der Waals surface area contributed by atoms with E-state index < -0.39 is 0 Å². The van der Waals surface area contributed by atoms with Crippen LogP contribution in [0.3, 0.4) is 0 Å². The Morgan fingerprint density at radius 1 is 1.45 bits per heavy atom. The van der Waals surface area contributed by atoms with Crippen LogP contribution in [0.1, 0.15) is 20.3 Å². The lowest BCUT2D eigenvalue weighted by Gasteiger charge is -2.19. The highest BCUT2D eigenvalue weighted by Gasteiger charge is 2.28. The topological polar surface area (TPSA) is 6.48 Å². The normalized spacial score (nSPS) is 33.5. The first kappa shape index (κ1) is 9.01. The molecule has 0 aromatic heterocycles. The monoisotopic (exact) mass is 156 g/mol. The summed E-state index contributed by atoms with van der Waals surface area (Å²) in [6.45, 7) is 7.03. The molecule has 0 radical (unpaired) electrons. The molecule has 2 unspecified atom stereocenters. The van der Waals surface area contributed by atoms with Gasteiger partial charge in [-0.05, 0) is 34.0 Å². The average molecular weight is 156 g/mol. The van der Waals surface area contributed by atoms with Crippen molar-refractivity contribution in [1.82, 2.24) is 9.80 Å². The molecule has 0 saturated carbocycles. The summed E-state index contributed by atoms with van der Waals surface area (Å²) < 4.78 is 0. The van der Waals surface area contributed by atoms with Crippen LogP contribution in [0.4, 0.5) is 0 Å². The Balaban J connectivity index is 2.43. The second kappa shape index (κ2) is 3.55. The minimum Gasteiger partial charge on any atom is -0.305 e. The number of rotatable bonds is 2. The van der Waals surface area contributed by atoms with Crippen molar-refractivity contribution < 1.29 is 0 Å². The first-order valence-corrected chi connectivity index (χ1v) is 4.55. The molecule has 1 aliphatic heterocycles.